The molecule has 0 aliphatic carbocycles. The maximum absolute atomic E-state index is 4.66. The van der Waals surface area contributed by atoms with Gasteiger partial charge in [-0.05, 0) is 0 Å². The van der Waals surface area contributed by atoms with Crippen LogP contribution in [0, 0.1) is 0 Å². The van der Waals surface area contributed by atoms with Gasteiger partial charge in [0.1, 0.15) is 0 Å². The first-order valence-electron chi connectivity index (χ1n) is 1.46. The van der Waals surface area contributed by atoms with E-state index in [1.165, 1.54) is 0 Å². The quantitative estimate of drug-likeness (QED) is 0.376. The first kappa shape index (κ1) is 17.0. The second kappa shape index (κ2) is 19.2. The van der Waals surface area contributed by atoms with E-state index in [2.05, 4.69) is 47.7 Å². The van der Waals surface area contributed by atoms with Crippen LogP contribution in [-0.4, -0.2) is 86.6 Å². The van der Waals surface area contributed by atoms with E-state index in [-0.39, 0.29) is 25.8 Å². The second-order valence-electron chi connectivity index (χ2n) is 0.461. The summed E-state index contributed by atoms with van der Waals surface area (Å²) in [6, 6.07) is 0. The van der Waals surface area contributed by atoms with Crippen molar-refractivity contribution >= 4 is 116 Å². The van der Waals surface area contributed by atoms with Crippen LogP contribution in [0.5, 0.6) is 0 Å². The monoisotopic (exact) mass is 635 g/mol. The van der Waals surface area contributed by atoms with Crippen LogP contribution in [0.25, 0.3) is 0 Å². The molecule has 0 aromatic carbocycles. The Hall–Kier alpha value is 4.58. The molecule has 0 nitrogen and oxygen atoms in total. The van der Waals surface area contributed by atoms with Gasteiger partial charge in [0.05, 0.1) is 0 Å². The first-order chi connectivity index (χ1) is 4.83. The summed E-state index contributed by atoms with van der Waals surface area (Å²) in [6.45, 7) is 0. The Labute approximate surface area is 113 Å². The maximum atomic E-state index is 4.66. The molecular weight excluding hydrogens is 633 g/mol. The van der Waals surface area contributed by atoms with Crippen LogP contribution in [-0.2, 0) is 0 Å². The van der Waals surface area contributed by atoms with Gasteiger partial charge < -0.3 is 0 Å². The Kier molecular flexibility index (Phi) is 32.6. The summed E-state index contributed by atoms with van der Waals surface area (Å²) in [5.74, 6) is 0. The van der Waals surface area contributed by atoms with E-state index in [0.29, 0.717) is 22.9 Å². The van der Waals surface area contributed by atoms with Crippen LogP contribution >= 0.6 is 29.1 Å². The SMILES string of the molecule is S=[As]S[As]=S.[Se]=[As][Se][As]=[Se]. The molecule has 0 unspecified atom stereocenters. The zero-order valence-electron chi connectivity index (χ0n) is 4.24. The van der Waals surface area contributed by atoms with Crippen LogP contribution in [0.15, 0.2) is 0 Å². The van der Waals surface area contributed by atoms with E-state index in [4.69, 9.17) is 0 Å². The van der Waals surface area contributed by atoms with Crippen molar-refractivity contribution in [2.45, 2.75) is 0 Å². The molecule has 0 spiro atoms. The van der Waals surface area contributed by atoms with Crippen molar-refractivity contribution in [3.8, 4) is 0 Å². The average Bonchev–Trinajstić information content (AvgIpc) is 1.93. The zero-order valence-corrected chi connectivity index (χ0v) is 19.3. The Morgan fingerprint density at radius 1 is 1.10 bits per heavy atom. The standard InChI is InChI=1S/As2S3.As2Se3/c2*3-1-5-2-4. The minimum absolute atomic E-state index is 0.154. The van der Waals surface area contributed by atoms with Crippen molar-refractivity contribution in [3.05, 3.63) is 0 Å². The Bertz CT molecular complexity index is 88.3. The van der Waals surface area contributed by atoms with Crippen molar-refractivity contribution in [2.75, 3.05) is 0 Å². The van der Waals surface area contributed by atoms with Crippen LogP contribution in [0.2, 0.25) is 0 Å². The molecule has 10 heavy (non-hydrogen) atoms. The number of rotatable bonds is 4. The van der Waals surface area contributed by atoms with E-state index in [1.807, 2.05) is 0 Å². The van der Waals surface area contributed by atoms with Crippen molar-refractivity contribution in [3.63, 3.8) is 0 Å². The molecule has 0 radical (unpaired) electrons. The summed E-state index contributed by atoms with van der Waals surface area (Å²) >= 11 is 7.77. The minimum atomic E-state index is 0.154. The van der Waals surface area contributed by atoms with Gasteiger partial charge in [0.15, 0.2) is 0 Å². The topological polar surface area (TPSA) is 0 Å². The fourth-order valence-corrected chi connectivity index (χ4v) is 61.5. The summed E-state index contributed by atoms with van der Waals surface area (Å²) in [5.41, 5.74) is 0. The molecule has 0 heterocycles. The summed E-state index contributed by atoms with van der Waals surface area (Å²) < 4.78 is 0. The van der Waals surface area contributed by atoms with Gasteiger partial charge >= 0.3 is 116 Å². The molecule has 0 atom stereocenters. The molecule has 0 saturated heterocycles. The molecule has 0 aliphatic heterocycles. The zero-order chi connectivity index (χ0) is 8.24. The van der Waals surface area contributed by atoms with E-state index in [1.54, 1.807) is 8.29 Å². The summed E-state index contributed by atoms with van der Waals surface area (Å²) in [5, 5.41) is 0. The van der Waals surface area contributed by atoms with Crippen LogP contribution in [0.4, 0.5) is 0 Å². The third-order valence-electron chi connectivity index (χ3n) is 0.133. The molecule has 0 aromatic heterocycles. The van der Waals surface area contributed by atoms with Gasteiger partial charge in [-0.25, -0.2) is 0 Å². The molecule has 0 N–H and O–H groups in total. The second-order valence-corrected chi connectivity index (χ2v) is 46.0. The van der Waals surface area contributed by atoms with Crippen LogP contribution in [0.1, 0.15) is 0 Å². The molecular formula is As4S3Se3. The van der Waals surface area contributed by atoms with E-state index < -0.39 is 0 Å². The van der Waals surface area contributed by atoms with E-state index in [0.717, 1.165) is 10.9 Å². The molecule has 10 heteroatoms. The Morgan fingerprint density at radius 2 is 1.50 bits per heavy atom. The van der Waals surface area contributed by atoms with Crippen molar-refractivity contribution in [1.29, 1.82) is 0 Å². The van der Waals surface area contributed by atoms with Gasteiger partial charge in [0.2, 0.25) is 0 Å². The predicted molar refractivity (Wildman–Crippen MR) is 63.1 cm³/mol. The molecule has 0 aliphatic rings. The number of hydrogen-bond donors (Lipinski definition) is 0. The van der Waals surface area contributed by atoms with Crippen LogP contribution < -0.4 is 0 Å². The van der Waals surface area contributed by atoms with Gasteiger partial charge in [-0.1, -0.05) is 0 Å². The molecule has 0 amide bonds. The van der Waals surface area contributed by atoms with Gasteiger partial charge in [0, 0.05) is 0 Å². The Morgan fingerprint density at radius 3 is 1.50 bits per heavy atom. The molecule has 0 fully saturated rings. The average molecular weight is 633 g/mol. The normalized spacial score (nSPS) is 9.60. The van der Waals surface area contributed by atoms with Gasteiger partial charge in [-0.15, -0.1) is 0 Å². The summed E-state index contributed by atoms with van der Waals surface area (Å²) in [4.78, 5) is 0. The molecule has 56 valence electrons. The molecule has 0 rings (SSSR count). The van der Waals surface area contributed by atoms with E-state index in [9.17, 15) is 0 Å². The Balaban J connectivity index is 0. The third-order valence-corrected chi connectivity index (χ3v) is 64.8. The van der Waals surface area contributed by atoms with Crippen molar-refractivity contribution in [1.82, 2.24) is 0 Å². The molecule has 0 saturated carbocycles. The van der Waals surface area contributed by atoms with Gasteiger partial charge in [0.25, 0.3) is 0 Å². The van der Waals surface area contributed by atoms with Gasteiger partial charge in [-0.3, -0.25) is 0 Å². The molecule has 0 bridgehead atoms. The summed E-state index contributed by atoms with van der Waals surface area (Å²) in [7, 11) is 12.1. The van der Waals surface area contributed by atoms with Crippen LogP contribution in [0.3, 0.4) is 0 Å². The van der Waals surface area contributed by atoms with E-state index >= 15 is 0 Å². The fourth-order valence-electron chi connectivity index (χ4n) is 0.0272. The van der Waals surface area contributed by atoms with Gasteiger partial charge in [-0.2, -0.15) is 0 Å². The van der Waals surface area contributed by atoms with Crippen molar-refractivity contribution < 1.29 is 0 Å². The predicted octanol–water partition coefficient (Wildman–Crippen LogP) is -0.721. The fraction of sp³-hybridized carbons (Fsp3) is 0. The first-order valence-corrected chi connectivity index (χ1v) is 31.1. The number of hydrogen-bond acceptors (Lipinski definition) is 3. The molecule has 0 aromatic rings. The van der Waals surface area contributed by atoms with Crippen molar-refractivity contribution in [2.24, 2.45) is 0 Å². The summed E-state index contributed by atoms with van der Waals surface area (Å²) in [6.07, 6.45) is 0. The third kappa shape index (κ3) is 22.9.